The first-order chi connectivity index (χ1) is 10.5. The van der Waals surface area contributed by atoms with Gasteiger partial charge in [0, 0.05) is 5.39 Å². The molecule has 0 saturated heterocycles. The Balaban J connectivity index is 2.93. The summed E-state index contributed by atoms with van der Waals surface area (Å²) in [6.07, 6.45) is 0. The van der Waals surface area contributed by atoms with Crippen molar-refractivity contribution >= 4 is 28.7 Å². The third kappa shape index (κ3) is 2.50. The molecule has 0 radical (unpaired) electrons. The molecule has 0 amide bonds. The number of carbonyl (C=O) groups excluding carboxylic acids is 3. The van der Waals surface area contributed by atoms with Crippen molar-refractivity contribution in [3.63, 3.8) is 0 Å². The molecule has 0 fully saturated rings. The number of rotatable bonds is 3. The van der Waals surface area contributed by atoms with Crippen LogP contribution in [0.3, 0.4) is 0 Å². The van der Waals surface area contributed by atoms with Gasteiger partial charge in [-0.1, -0.05) is 18.2 Å². The van der Waals surface area contributed by atoms with Crippen LogP contribution in [-0.2, 0) is 14.2 Å². The summed E-state index contributed by atoms with van der Waals surface area (Å²) in [6, 6.07) is 7.98. The molecule has 2 aromatic rings. The van der Waals surface area contributed by atoms with Crippen molar-refractivity contribution in [3.8, 4) is 0 Å². The van der Waals surface area contributed by atoms with E-state index in [1.54, 1.807) is 18.2 Å². The van der Waals surface area contributed by atoms with Gasteiger partial charge in [0.25, 0.3) is 0 Å². The second kappa shape index (κ2) is 6.26. The van der Waals surface area contributed by atoms with Crippen molar-refractivity contribution in [2.24, 2.45) is 0 Å². The van der Waals surface area contributed by atoms with E-state index in [0.29, 0.717) is 10.8 Å². The van der Waals surface area contributed by atoms with E-state index in [2.05, 4.69) is 4.74 Å². The largest absolute Gasteiger partial charge is 0.465 e. The molecule has 0 heterocycles. The van der Waals surface area contributed by atoms with E-state index in [4.69, 9.17) is 9.47 Å². The predicted octanol–water partition coefficient (Wildman–Crippen LogP) is 2.20. The maximum atomic E-state index is 12.1. The molecule has 2 rings (SSSR count). The maximum absolute atomic E-state index is 12.1. The molecule has 114 valence electrons. The lowest BCUT2D eigenvalue weighted by Crippen LogP contribution is -2.14. The fourth-order valence-corrected chi connectivity index (χ4v) is 2.25. The molecule has 0 spiro atoms. The number of esters is 3. The highest BCUT2D eigenvalue weighted by molar-refractivity contribution is 6.18. The van der Waals surface area contributed by atoms with Gasteiger partial charge in [0.15, 0.2) is 0 Å². The van der Waals surface area contributed by atoms with Crippen LogP contribution >= 0.6 is 0 Å². The number of hydrogen-bond acceptors (Lipinski definition) is 6. The van der Waals surface area contributed by atoms with Crippen LogP contribution in [0.2, 0.25) is 0 Å². The number of methoxy groups -OCH3 is 3. The summed E-state index contributed by atoms with van der Waals surface area (Å²) in [6.45, 7) is 0. The average molecular weight is 302 g/mol. The molecule has 6 heteroatoms. The van der Waals surface area contributed by atoms with Crippen LogP contribution in [0, 0.1) is 0 Å². The van der Waals surface area contributed by atoms with Crippen LogP contribution in [-0.4, -0.2) is 39.2 Å². The van der Waals surface area contributed by atoms with Crippen molar-refractivity contribution in [2.45, 2.75) is 0 Å². The van der Waals surface area contributed by atoms with Crippen molar-refractivity contribution in [1.82, 2.24) is 0 Å². The van der Waals surface area contributed by atoms with E-state index in [1.165, 1.54) is 33.5 Å². The van der Waals surface area contributed by atoms with Gasteiger partial charge >= 0.3 is 17.9 Å². The summed E-state index contributed by atoms with van der Waals surface area (Å²) >= 11 is 0. The molecule has 22 heavy (non-hydrogen) atoms. The van der Waals surface area contributed by atoms with Crippen LogP contribution in [0.5, 0.6) is 0 Å². The lowest BCUT2D eigenvalue weighted by molar-refractivity contribution is 0.0556. The fraction of sp³-hybridized carbons (Fsp3) is 0.188. The fourth-order valence-electron chi connectivity index (χ4n) is 2.25. The van der Waals surface area contributed by atoms with Gasteiger partial charge in [-0.3, -0.25) is 0 Å². The van der Waals surface area contributed by atoms with Gasteiger partial charge in [0.05, 0.1) is 38.0 Å². The molecule has 6 nitrogen and oxygen atoms in total. The van der Waals surface area contributed by atoms with E-state index in [-0.39, 0.29) is 16.7 Å². The van der Waals surface area contributed by atoms with E-state index < -0.39 is 17.9 Å². The van der Waals surface area contributed by atoms with Crippen LogP contribution in [0.15, 0.2) is 30.3 Å². The Morgan fingerprint density at radius 3 is 1.91 bits per heavy atom. The molecular formula is C16H14O6. The zero-order valence-corrected chi connectivity index (χ0v) is 12.3. The second-order valence-corrected chi connectivity index (χ2v) is 4.37. The Labute approximate surface area is 126 Å². The number of carbonyl (C=O) groups is 3. The minimum Gasteiger partial charge on any atom is -0.465 e. The highest BCUT2D eigenvalue weighted by Crippen LogP contribution is 2.28. The molecule has 0 N–H and O–H groups in total. The average Bonchev–Trinajstić information content (AvgIpc) is 2.57. The molecule has 0 aliphatic heterocycles. The molecule has 0 aliphatic rings. The monoisotopic (exact) mass is 302 g/mol. The molecule has 0 atom stereocenters. The van der Waals surface area contributed by atoms with E-state index in [0.717, 1.165) is 0 Å². The lowest BCUT2D eigenvalue weighted by atomic mass is 9.95. The van der Waals surface area contributed by atoms with Crippen LogP contribution < -0.4 is 0 Å². The predicted molar refractivity (Wildman–Crippen MR) is 78.0 cm³/mol. The topological polar surface area (TPSA) is 78.9 Å². The number of benzene rings is 2. The Morgan fingerprint density at radius 2 is 1.32 bits per heavy atom. The third-order valence-corrected chi connectivity index (χ3v) is 3.25. The minimum absolute atomic E-state index is 0.0205. The summed E-state index contributed by atoms with van der Waals surface area (Å²) in [5.74, 6) is -2.04. The summed E-state index contributed by atoms with van der Waals surface area (Å²) in [7, 11) is 3.64. The van der Waals surface area contributed by atoms with Gasteiger partial charge in [-0.2, -0.15) is 0 Å². The molecule has 2 aromatic carbocycles. The molecule has 0 saturated carbocycles. The van der Waals surface area contributed by atoms with Crippen LogP contribution in [0.25, 0.3) is 10.8 Å². The van der Waals surface area contributed by atoms with E-state index in [9.17, 15) is 14.4 Å². The quantitative estimate of drug-likeness (QED) is 0.639. The Bertz CT molecular complexity index is 763. The Morgan fingerprint density at radius 1 is 0.727 bits per heavy atom. The lowest BCUT2D eigenvalue weighted by Gasteiger charge is -2.12. The Kier molecular flexibility index (Phi) is 4.41. The number of hydrogen-bond donors (Lipinski definition) is 0. The maximum Gasteiger partial charge on any atom is 0.339 e. The Hall–Kier alpha value is -2.89. The summed E-state index contributed by atoms with van der Waals surface area (Å²) in [5.41, 5.74) is 0.178. The smallest absolute Gasteiger partial charge is 0.339 e. The van der Waals surface area contributed by atoms with Crippen molar-refractivity contribution < 1.29 is 28.6 Å². The molecule has 0 bridgehead atoms. The SMILES string of the molecule is COC(=O)c1ccc2cccc(C(=O)OC)c2c1C(=O)OC. The van der Waals surface area contributed by atoms with Gasteiger partial charge in [-0.05, 0) is 17.5 Å². The van der Waals surface area contributed by atoms with Gasteiger partial charge in [0.2, 0.25) is 0 Å². The van der Waals surface area contributed by atoms with E-state index >= 15 is 0 Å². The first kappa shape index (κ1) is 15.5. The number of fused-ring (bicyclic) bond motifs is 1. The second-order valence-electron chi connectivity index (χ2n) is 4.37. The number of ether oxygens (including phenoxy) is 3. The molecule has 0 aliphatic carbocycles. The van der Waals surface area contributed by atoms with Crippen molar-refractivity contribution in [3.05, 3.63) is 47.0 Å². The zero-order valence-electron chi connectivity index (χ0n) is 12.3. The van der Waals surface area contributed by atoms with Gasteiger partial charge in [0.1, 0.15) is 0 Å². The summed E-state index contributed by atoms with van der Waals surface area (Å²) in [5, 5.41) is 0.903. The summed E-state index contributed by atoms with van der Waals surface area (Å²) in [4.78, 5) is 36.0. The minimum atomic E-state index is -0.734. The normalized spacial score (nSPS) is 10.1. The molecule has 0 unspecified atom stereocenters. The molecular weight excluding hydrogens is 288 g/mol. The third-order valence-electron chi connectivity index (χ3n) is 3.25. The molecule has 0 aromatic heterocycles. The van der Waals surface area contributed by atoms with Gasteiger partial charge in [-0.15, -0.1) is 0 Å². The first-order valence-corrected chi connectivity index (χ1v) is 6.35. The van der Waals surface area contributed by atoms with E-state index in [1.807, 2.05) is 0 Å². The zero-order chi connectivity index (χ0) is 16.3. The first-order valence-electron chi connectivity index (χ1n) is 6.35. The van der Waals surface area contributed by atoms with Gasteiger partial charge < -0.3 is 14.2 Å². The highest BCUT2D eigenvalue weighted by atomic mass is 16.5. The van der Waals surface area contributed by atoms with Crippen molar-refractivity contribution in [1.29, 1.82) is 0 Å². The van der Waals surface area contributed by atoms with Crippen molar-refractivity contribution in [2.75, 3.05) is 21.3 Å². The highest BCUT2D eigenvalue weighted by Gasteiger charge is 2.25. The van der Waals surface area contributed by atoms with Gasteiger partial charge in [-0.25, -0.2) is 14.4 Å². The standard InChI is InChI=1S/C16H14O6/c1-20-14(17)10-6-4-5-9-7-8-11(15(18)21-2)13(12(9)10)16(19)22-3/h4-8H,1-3H3. The van der Waals surface area contributed by atoms with Crippen LogP contribution in [0.1, 0.15) is 31.1 Å². The summed E-state index contributed by atoms with van der Waals surface area (Å²) < 4.78 is 14.2. The van der Waals surface area contributed by atoms with Crippen LogP contribution in [0.4, 0.5) is 0 Å².